The van der Waals surface area contributed by atoms with E-state index in [1.165, 1.54) is 24.8 Å². The van der Waals surface area contributed by atoms with E-state index in [4.69, 9.17) is 11.6 Å². The third-order valence-electron chi connectivity index (χ3n) is 5.14. The molecule has 5 heteroatoms. The van der Waals surface area contributed by atoms with Crippen LogP contribution in [0.5, 0.6) is 0 Å². The van der Waals surface area contributed by atoms with Crippen molar-refractivity contribution in [1.29, 1.82) is 0 Å². The number of imidazole rings is 1. The number of nitrogens with zero attached hydrogens (tertiary/aromatic N) is 2. The van der Waals surface area contributed by atoms with E-state index >= 15 is 0 Å². The lowest BCUT2D eigenvalue weighted by Crippen LogP contribution is -2.21. The monoisotopic (exact) mass is 384 g/mol. The van der Waals surface area contributed by atoms with E-state index in [2.05, 4.69) is 16.5 Å². The highest BCUT2D eigenvalue weighted by atomic mass is 35.5. The average molecular weight is 385 g/mol. The van der Waals surface area contributed by atoms with Gasteiger partial charge < -0.3 is 14.5 Å². The molecule has 0 spiro atoms. The van der Waals surface area contributed by atoms with Gasteiger partial charge in [-0.1, -0.05) is 41.9 Å². The summed E-state index contributed by atoms with van der Waals surface area (Å²) in [6, 6.07) is 15.8. The van der Waals surface area contributed by atoms with Crippen LogP contribution in [0, 0.1) is 6.92 Å². The van der Waals surface area contributed by atoms with E-state index in [1.54, 1.807) is 6.92 Å². The fraction of sp³-hybridized carbons (Fsp3) is 0.364. The molecule has 1 fully saturated rings. The first kappa shape index (κ1) is 19.6. The van der Waals surface area contributed by atoms with Gasteiger partial charge in [-0.3, -0.25) is 0 Å². The van der Waals surface area contributed by atoms with Gasteiger partial charge in [0.1, 0.15) is 12.1 Å². The topological polar surface area (TPSA) is 55.1 Å². The van der Waals surface area contributed by atoms with E-state index in [9.17, 15) is 9.90 Å². The summed E-state index contributed by atoms with van der Waals surface area (Å²) in [6.07, 6.45) is 4.76. The highest BCUT2D eigenvalue weighted by Gasteiger charge is 2.23. The van der Waals surface area contributed by atoms with Crippen LogP contribution in [0.1, 0.15) is 50.0 Å². The average Bonchev–Trinajstić information content (AvgIpc) is 2.91. The number of aryl methyl sites for hydroxylation is 1. The van der Waals surface area contributed by atoms with Crippen LogP contribution < -0.4 is 0 Å². The quantitative estimate of drug-likeness (QED) is 0.628. The Hall–Kier alpha value is -2.17. The van der Waals surface area contributed by atoms with Crippen molar-refractivity contribution in [2.45, 2.75) is 51.2 Å². The maximum atomic E-state index is 10.2. The van der Waals surface area contributed by atoms with Gasteiger partial charge in [0.15, 0.2) is 0 Å². The summed E-state index contributed by atoms with van der Waals surface area (Å²) in [5, 5.41) is 10.5. The van der Waals surface area contributed by atoms with Gasteiger partial charge in [-0.15, -0.1) is 0 Å². The van der Waals surface area contributed by atoms with Gasteiger partial charge in [-0.2, -0.15) is 0 Å². The van der Waals surface area contributed by atoms with Crippen molar-refractivity contribution in [3.63, 3.8) is 0 Å². The molecule has 1 saturated carbocycles. The lowest BCUT2D eigenvalue weighted by atomic mass is 9.92. The smallest absolute Gasteiger partial charge is 0.123 e. The van der Waals surface area contributed by atoms with Crippen molar-refractivity contribution in [2.75, 3.05) is 0 Å². The number of hydrogen-bond acceptors (Lipinski definition) is 3. The molecule has 2 aromatic carbocycles. The maximum Gasteiger partial charge on any atom is 0.123 e. The summed E-state index contributed by atoms with van der Waals surface area (Å²) < 4.78 is 2.34. The van der Waals surface area contributed by atoms with Gasteiger partial charge in [0.05, 0.1) is 16.6 Å². The lowest BCUT2D eigenvalue weighted by molar-refractivity contribution is -0.112. The van der Waals surface area contributed by atoms with Crippen molar-refractivity contribution < 1.29 is 9.90 Å². The summed E-state index contributed by atoms with van der Waals surface area (Å²) in [5.74, 6) is 1.11. The molecule has 27 heavy (non-hydrogen) atoms. The van der Waals surface area contributed by atoms with Crippen LogP contribution in [-0.4, -0.2) is 20.9 Å². The van der Waals surface area contributed by atoms with Gasteiger partial charge in [-0.05, 0) is 56.9 Å². The fourth-order valence-electron chi connectivity index (χ4n) is 3.37. The van der Waals surface area contributed by atoms with Crippen molar-refractivity contribution in [1.82, 2.24) is 9.55 Å². The third kappa shape index (κ3) is 4.40. The summed E-state index contributed by atoms with van der Waals surface area (Å²) in [5.41, 5.74) is 1.99. The summed E-state index contributed by atoms with van der Waals surface area (Å²) in [6.45, 7) is 3.71. The van der Waals surface area contributed by atoms with Crippen molar-refractivity contribution in [3.05, 3.63) is 64.9 Å². The van der Waals surface area contributed by atoms with E-state index in [0.717, 1.165) is 28.2 Å². The number of aromatic nitrogens is 2. The Morgan fingerprint density at radius 2 is 1.96 bits per heavy atom. The second-order valence-corrected chi connectivity index (χ2v) is 7.69. The minimum Gasteiger partial charge on any atom is -0.385 e. The second kappa shape index (κ2) is 8.24. The molecule has 4 rings (SSSR count). The van der Waals surface area contributed by atoms with Crippen LogP contribution in [-0.2, 0) is 10.4 Å². The molecule has 4 nitrogen and oxygen atoms in total. The van der Waals surface area contributed by atoms with Crippen molar-refractivity contribution in [3.8, 4) is 0 Å². The third-order valence-corrected chi connectivity index (χ3v) is 5.38. The van der Waals surface area contributed by atoms with Crippen LogP contribution in [0.15, 0.2) is 48.5 Å². The van der Waals surface area contributed by atoms with Crippen LogP contribution >= 0.6 is 11.6 Å². The molecule has 1 aliphatic carbocycles. The molecule has 0 radical (unpaired) electrons. The standard InChI is InChI=1S/C12H13ClN2.C10H12O2/c1-8-14-11-6-5-9(13)7-12(11)15(8)10-3-2-4-10;1-10(12,7-8-11)9-5-3-2-4-6-9/h5-7,10H,2-4H2,1H3;2-6,8,12H,7H2,1H3/t;10-/m.0/s1. The number of carbonyl (C=O) groups excluding carboxylic acids is 1. The Morgan fingerprint density at radius 1 is 1.26 bits per heavy atom. The zero-order valence-corrected chi connectivity index (χ0v) is 16.5. The number of aliphatic hydroxyl groups is 1. The number of aldehydes is 1. The molecule has 0 amide bonds. The van der Waals surface area contributed by atoms with E-state index in [0.29, 0.717) is 6.04 Å². The molecular formula is C22H25ClN2O2. The zero-order chi connectivity index (χ0) is 19.4. The van der Waals surface area contributed by atoms with Gasteiger partial charge in [-0.25, -0.2) is 4.98 Å². The van der Waals surface area contributed by atoms with Crippen molar-refractivity contribution in [2.24, 2.45) is 0 Å². The molecule has 1 atom stereocenters. The second-order valence-electron chi connectivity index (χ2n) is 7.26. The number of rotatable bonds is 4. The first-order chi connectivity index (χ1) is 12.9. The Kier molecular flexibility index (Phi) is 5.98. The molecule has 142 valence electrons. The predicted molar refractivity (Wildman–Crippen MR) is 109 cm³/mol. The Morgan fingerprint density at radius 3 is 2.56 bits per heavy atom. The summed E-state index contributed by atoms with van der Waals surface area (Å²) >= 11 is 6.02. The van der Waals surface area contributed by atoms with E-state index in [-0.39, 0.29) is 6.42 Å². The molecule has 1 N–H and O–H groups in total. The van der Waals surface area contributed by atoms with Gasteiger partial charge in [0, 0.05) is 17.5 Å². The molecule has 0 unspecified atom stereocenters. The van der Waals surface area contributed by atoms with E-state index in [1.807, 2.05) is 48.5 Å². The Balaban J connectivity index is 0.000000161. The highest BCUT2D eigenvalue weighted by molar-refractivity contribution is 6.31. The number of carbonyl (C=O) groups is 1. The Bertz CT molecular complexity index is 915. The summed E-state index contributed by atoms with van der Waals surface area (Å²) in [7, 11) is 0. The highest BCUT2D eigenvalue weighted by Crippen LogP contribution is 2.35. The van der Waals surface area contributed by atoms with Gasteiger partial charge in [0.2, 0.25) is 0 Å². The first-order valence-corrected chi connectivity index (χ1v) is 9.66. The number of halogens is 1. The largest absolute Gasteiger partial charge is 0.385 e. The minimum atomic E-state index is -1.02. The molecule has 0 saturated heterocycles. The molecular weight excluding hydrogens is 360 g/mol. The predicted octanol–water partition coefficient (Wildman–Crippen LogP) is 5.21. The molecule has 0 aliphatic heterocycles. The van der Waals surface area contributed by atoms with Crippen LogP contribution in [0.3, 0.4) is 0 Å². The zero-order valence-electron chi connectivity index (χ0n) is 15.7. The number of benzene rings is 2. The first-order valence-electron chi connectivity index (χ1n) is 9.28. The van der Waals surface area contributed by atoms with E-state index < -0.39 is 5.60 Å². The maximum absolute atomic E-state index is 10.2. The van der Waals surface area contributed by atoms with Gasteiger partial charge in [0.25, 0.3) is 0 Å². The molecule has 1 aromatic heterocycles. The minimum absolute atomic E-state index is 0.136. The number of fused-ring (bicyclic) bond motifs is 1. The molecule has 1 aliphatic rings. The fourth-order valence-corrected chi connectivity index (χ4v) is 3.54. The van der Waals surface area contributed by atoms with Gasteiger partial charge >= 0.3 is 0 Å². The Labute approximate surface area is 164 Å². The normalized spacial score (nSPS) is 16.1. The molecule has 0 bridgehead atoms. The number of hydrogen-bond donors (Lipinski definition) is 1. The lowest BCUT2D eigenvalue weighted by Gasteiger charge is -2.28. The van der Waals surface area contributed by atoms with Crippen LogP contribution in [0.25, 0.3) is 11.0 Å². The van der Waals surface area contributed by atoms with Crippen LogP contribution in [0.4, 0.5) is 0 Å². The summed E-state index contributed by atoms with van der Waals surface area (Å²) in [4.78, 5) is 14.8. The molecule has 1 heterocycles. The van der Waals surface area contributed by atoms with Crippen LogP contribution in [0.2, 0.25) is 5.02 Å². The SMILES string of the molecule is C[C@](O)(CC=O)c1ccccc1.Cc1nc2ccc(Cl)cc2n1C1CCC1. The molecule has 3 aromatic rings. The van der Waals surface area contributed by atoms with Crippen molar-refractivity contribution >= 4 is 28.9 Å².